The summed E-state index contributed by atoms with van der Waals surface area (Å²) in [5.74, 6) is 1.07. The number of rotatable bonds is 5. The normalized spacial score (nSPS) is 13.0. The van der Waals surface area contributed by atoms with Gasteiger partial charge in [0, 0.05) is 12.6 Å². The lowest BCUT2D eigenvalue weighted by Crippen LogP contribution is -2.41. The van der Waals surface area contributed by atoms with Crippen LogP contribution in [-0.4, -0.2) is 31.6 Å². The average Bonchev–Trinajstić information content (AvgIpc) is 2.58. The Hall–Kier alpha value is -3.02. The quantitative estimate of drug-likeness (QED) is 0.909. The Morgan fingerprint density at radius 2 is 2.00 bits per heavy atom. The molecule has 0 bridgehead atoms. The summed E-state index contributed by atoms with van der Waals surface area (Å²) in [4.78, 5) is 25.1. The van der Waals surface area contributed by atoms with Gasteiger partial charge in [-0.25, -0.2) is 0 Å². The van der Waals surface area contributed by atoms with Crippen molar-refractivity contribution in [2.24, 2.45) is 0 Å². The maximum Gasteiger partial charge on any atom is 0.265 e. The molecule has 6 nitrogen and oxygen atoms in total. The van der Waals surface area contributed by atoms with Gasteiger partial charge < -0.3 is 19.7 Å². The summed E-state index contributed by atoms with van der Waals surface area (Å²) in [5, 5.41) is 2.71. The number of carbonyl (C=O) groups is 2. The summed E-state index contributed by atoms with van der Waals surface area (Å²) in [6, 6.07) is 13.0. The van der Waals surface area contributed by atoms with Crippen molar-refractivity contribution in [3.05, 3.63) is 48.0 Å². The lowest BCUT2D eigenvalue weighted by atomic mass is 10.2. The average molecular weight is 340 g/mol. The highest BCUT2D eigenvalue weighted by atomic mass is 16.5. The van der Waals surface area contributed by atoms with Crippen LogP contribution in [-0.2, 0) is 9.59 Å². The van der Waals surface area contributed by atoms with Crippen LogP contribution in [0.3, 0.4) is 0 Å². The van der Waals surface area contributed by atoms with Gasteiger partial charge in [-0.15, -0.1) is 0 Å². The Kier molecular flexibility index (Phi) is 4.88. The minimum Gasteiger partial charge on any atom is -0.492 e. The molecule has 25 heavy (non-hydrogen) atoms. The molecule has 1 N–H and O–H groups in total. The first-order valence-electron chi connectivity index (χ1n) is 8.07. The molecule has 2 aromatic carbocycles. The highest BCUT2D eigenvalue weighted by Crippen LogP contribution is 2.34. The first-order valence-corrected chi connectivity index (χ1v) is 8.07. The van der Waals surface area contributed by atoms with Gasteiger partial charge in [0.1, 0.15) is 18.1 Å². The van der Waals surface area contributed by atoms with E-state index in [1.165, 1.54) is 6.92 Å². The molecule has 130 valence electrons. The van der Waals surface area contributed by atoms with E-state index in [2.05, 4.69) is 5.32 Å². The van der Waals surface area contributed by atoms with E-state index in [4.69, 9.17) is 9.47 Å². The fourth-order valence-corrected chi connectivity index (χ4v) is 2.62. The van der Waals surface area contributed by atoms with Crippen LogP contribution in [0.1, 0.15) is 12.5 Å². The zero-order chi connectivity index (χ0) is 17.8. The zero-order valence-corrected chi connectivity index (χ0v) is 14.2. The Bertz CT molecular complexity index is 787. The highest BCUT2D eigenvalue weighted by Gasteiger charge is 2.25. The molecule has 0 fully saturated rings. The Balaban J connectivity index is 1.71. The highest BCUT2D eigenvalue weighted by molar-refractivity contribution is 5.99. The van der Waals surface area contributed by atoms with Gasteiger partial charge in [-0.3, -0.25) is 9.59 Å². The molecule has 1 heterocycles. The summed E-state index contributed by atoms with van der Waals surface area (Å²) in [7, 11) is 0. The number of ether oxygens (including phenoxy) is 2. The molecule has 3 rings (SSSR count). The fraction of sp³-hybridized carbons (Fsp3) is 0.263. The van der Waals surface area contributed by atoms with Crippen molar-refractivity contribution < 1.29 is 19.1 Å². The molecule has 2 aromatic rings. The molecule has 1 aliphatic heterocycles. The van der Waals surface area contributed by atoms with Crippen molar-refractivity contribution in [3.8, 4) is 11.5 Å². The molecule has 0 aromatic heterocycles. The van der Waals surface area contributed by atoms with Crippen molar-refractivity contribution >= 4 is 23.2 Å². The summed E-state index contributed by atoms with van der Waals surface area (Å²) < 4.78 is 11.2. The van der Waals surface area contributed by atoms with Crippen molar-refractivity contribution in [3.63, 3.8) is 0 Å². The molecule has 2 amide bonds. The summed E-state index contributed by atoms with van der Waals surface area (Å²) in [5.41, 5.74) is 2.42. The zero-order valence-electron chi connectivity index (χ0n) is 14.2. The maximum atomic E-state index is 12.2. The first-order chi connectivity index (χ1) is 12.0. The van der Waals surface area contributed by atoms with Gasteiger partial charge in [0.05, 0.1) is 12.2 Å². The molecule has 6 heteroatoms. The monoisotopic (exact) mass is 340 g/mol. The van der Waals surface area contributed by atoms with E-state index in [0.29, 0.717) is 30.3 Å². The van der Waals surface area contributed by atoms with Gasteiger partial charge in [-0.1, -0.05) is 17.7 Å². The van der Waals surface area contributed by atoms with Gasteiger partial charge in [-0.2, -0.15) is 0 Å². The number of fused-ring (bicyclic) bond motifs is 1. The van der Waals surface area contributed by atoms with E-state index >= 15 is 0 Å². The fourth-order valence-electron chi connectivity index (χ4n) is 2.62. The minimum atomic E-state index is -0.169. The molecule has 0 unspecified atom stereocenters. The van der Waals surface area contributed by atoms with Crippen LogP contribution in [0.2, 0.25) is 0 Å². The predicted molar refractivity (Wildman–Crippen MR) is 95.3 cm³/mol. The van der Waals surface area contributed by atoms with Crippen molar-refractivity contribution in [1.82, 2.24) is 0 Å². The van der Waals surface area contributed by atoms with E-state index in [1.54, 1.807) is 23.1 Å². The van der Waals surface area contributed by atoms with Crippen molar-refractivity contribution in [2.75, 3.05) is 30.0 Å². The van der Waals surface area contributed by atoms with E-state index < -0.39 is 0 Å². The van der Waals surface area contributed by atoms with E-state index in [1.807, 2.05) is 31.2 Å². The molecule has 0 atom stereocenters. The SMILES string of the molecule is CC(=O)Nc1ccc2c(c1)N(CCOc1ccc(C)cc1)C(=O)CO2. The van der Waals surface area contributed by atoms with Crippen LogP contribution in [0.25, 0.3) is 0 Å². The summed E-state index contributed by atoms with van der Waals surface area (Å²) in [6.45, 7) is 4.20. The standard InChI is InChI=1S/C19H20N2O4/c1-13-3-6-16(7-4-13)24-10-9-21-17-11-15(20-14(2)22)5-8-18(17)25-12-19(21)23/h3-8,11H,9-10,12H2,1-2H3,(H,20,22). The summed E-state index contributed by atoms with van der Waals surface area (Å²) in [6.07, 6.45) is 0. The second kappa shape index (κ2) is 7.25. The predicted octanol–water partition coefficient (Wildman–Crippen LogP) is 2.76. The van der Waals surface area contributed by atoms with Crippen LogP contribution in [0.5, 0.6) is 11.5 Å². The maximum absolute atomic E-state index is 12.2. The lowest BCUT2D eigenvalue weighted by Gasteiger charge is -2.29. The molecule has 0 aliphatic carbocycles. The molecular weight excluding hydrogens is 320 g/mol. The third-order valence-corrected chi connectivity index (χ3v) is 3.83. The number of nitrogens with zero attached hydrogens (tertiary/aromatic N) is 1. The third kappa shape index (κ3) is 4.09. The number of hydrogen-bond donors (Lipinski definition) is 1. The van der Waals surface area contributed by atoms with Crippen molar-refractivity contribution in [2.45, 2.75) is 13.8 Å². The van der Waals surface area contributed by atoms with Crippen LogP contribution < -0.4 is 19.7 Å². The van der Waals surface area contributed by atoms with Gasteiger partial charge in [-0.05, 0) is 37.3 Å². The number of hydrogen-bond acceptors (Lipinski definition) is 4. The number of carbonyl (C=O) groups excluding carboxylic acids is 2. The van der Waals surface area contributed by atoms with Gasteiger partial charge in [0.2, 0.25) is 5.91 Å². The molecule has 0 radical (unpaired) electrons. The number of nitrogens with one attached hydrogen (secondary N) is 1. The van der Waals surface area contributed by atoms with Gasteiger partial charge in [0.15, 0.2) is 6.61 Å². The number of amides is 2. The van der Waals surface area contributed by atoms with Crippen molar-refractivity contribution in [1.29, 1.82) is 0 Å². The molecule has 0 saturated carbocycles. The Labute approximate surface area is 146 Å². The molecule has 0 saturated heterocycles. The Morgan fingerprint density at radius 1 is 1.24 bits per heavy atom. The van der Waals surface area contributed by atoms with Crippen LogP contribution in [0.4, 0.5) is 11.4 Å². The van der Waals surface area contributed by atoms with E-state index in [0.717, 1.165) is 11.3 Å². The van der Waals surface area contributed by atoms with Crippen LogP contribution in [0, 0.1) is 6.92 Å². The van der Waals surface area contributed by atoms with Crippen LogP contribution >= 0.6 is 0 Å². The van der Waals surface area contributed by atoms with Gasteiger partial charge in [0.25, 0.3) is 5.91 Å². The lowest BCUT2D eigenvalue weighted by molar-refractivity contribution is -0.121. The second-order valence-electron chi connectivity index (χ2n) is 5.86. The topological polar surface area (TPSA) is 67.9 Å². The smallest absolute Gasteiger partial charge is 0.265 e. The first kappa shape index (κ1) is 16.8. The second-order valence-corrected chi connectivity index (χ2v) is 5.86. The van der Waals surface area contributed by atoms with Crippen LogP contribution in [0.15, 0.2) is 42.5 Å². The molecule has 1 aliphatic rings. The molecule has 0 spiro atoms. The van der Waals surface area contributed by atoms with E-state index in [-0.39, 0.29) is 18.4 Å². The number of benzene rings is 2. The van der Waals surface area contributed by atoms with Gasteiger partial charge >= 0.3 is 0 Å². The molecular formula is C19H20N2O4. The Morgan fingerprint density at radius 3 is 2.72 bits per heavy atom. The third-order valence-electron chi connectivity index (χ3n) is 3.83. The van der Waals surface area contributed by atoms with E-state index in [9.17, 15) is 9.59 Å². The number of aryl methyl sites for hydroxylation is 1. The summed E-state index contributed by atoms with van der Waals surface area (Å²) >= 11 is 0. The minimum absolute atomic E-state index is 0.00296. The largest absolute Gasteiger partial charge is 0.492 e. The number of anilines is 2.